The summed E-state index contributed by atoms with van der Waals surface area (Å²) >= 11 is 0. The van der Waals surface area contributed by atoms with Crippen molar-refractivity contribution in [1.82, 2.24) is 35.4 Å². The molecule has 5 aromatic rings. The molecule has 0 aliphatic carbocycles. The number of amides is 3. The number of nitrogens with zero attached hydrogens (tertiary/aromatic N) is 6. The molecule has 46 heavy (non-hydrogen) atoms. The van der Waals surface area contributed by atoms with Gasteiger partial charge in [0.2, 0.25) is 11.8 Å². The highest BCUT2D eigenvalue weighted by Gasteiger charge is 2.50. The van der Waals surface area contributed by atoms with Crippen LogP contribution in [0.25, 0.3) is 21.9 Å². The number of tetrazole rings is 1. The van der Waals surface area contributed by atoms with Crippen LogP contribution < -0.4 is 16.3 Å². The predicted octanol–water partition coefficient (Wildman–Crippen LogP) is 2.91. The van der Waals surface area contributed by atoms with Crippen LogP contribution in [0, 0.1) is 0 Å². The number of fused-ring (bicyclic) bond motifs is 2. The zero-order chi connectivity index (χ0) is 32.6. The van der Waals surface area contributed by atoms with Crippen molar-refractivity contribution >= 4 is 45.3 Å². The Kier molecular flexibility index (Phi) is 7.75. The van der Waals surface area contributed by atoms with Gasteiger partial charge >= 0.3 is 5.63 Å². The number of nitrogens with one attached hydrogen (secondary N) is 2. The topological polar surface area (TPSA) is 165 Å². The fraction of sp³-hybridized carbons (Fsp3) is 0.290. The molecule has 1 unspecified atom stereocenters. The lowest BCUT2D eigenvalue weighted by Crippen LogP contribution is -2.47. The number of para-hydroxylation sites is 1. The molecule has 236 valence electrons. The zero-order valence-corrected chi connectivity index (χ0v) is 24.7. The molecule has 0 saturated carbocycles. The fourth-order valence-corrected chi connectivity index (χ4v) is 5.52. The smallest absolute Gasteiger partial charge is 0.339 e. The molecule has 1 saturated heterocycles. The van der Waals surface area contributed by atoms with Gasteiger partial charge in [-0.2, -0.15) is 4.80 Å². The van der Waals surface area contributed by atoms with Gasteiger partial charge in [-0.15, -0.1) is 10.2 Å². The third-order valence-electron chi connectivity index (χ3n) is 7.78. The Morgan fingerprint density at radius 2 is 1.91 bits per heavy atom. The molecule has 1 aliphatic rings. The first-order chi connectivity index (χ1) is 21.9. The molecule has 1 fully saturated rings. The summed E-state index contributed by atoms with van der Waals surface area (Å²) in [5.74, 6) is -5.59. The van der Waals surface area contributed by atoms with Crippen molar-refractivity contribution < 1.29 is 27.6 Å². The summed E-state index contributed by atoms with van der Waals surface area (Å²) in [7, 11) is 0. The third-order valence-corrected chi connectivity index (χ3v) is 7.78. The quantitative estimate of drug-likeness (QED) is 0.245. The van der Waals surface area contributed by atoms with E-state index in [1.807, 2.05) is 13.8 Å². The SMILES string of the molecule is CC(C)(Cc1cc2ccc(NC(=O)C3CC(F)(F)CN3C(=O)CNC(=O)c3ccnc4ccccc34)cc2oc1=O)n1ncnn1. The van der Waals surface area contributed by atoms with Gasteiger partial charge in [0.1, 0.15) is 11.6 Å². The maximum atomic E-state index is 14.5. The van der Waals surface area contributed by atoms with Crippen LogP contribution in [0.4, 0.5) is 14.5 Å². The Labute approximate surface area is 259 Å². The van der Waals surface area contributed by atoms with Gasteiger partial charge in [0.25, 0.3) is 11.8 Å². The summed E-state index contributed by atoms with van der Waals surface area (Å²) < 4.78 is 34.5. The van der Waals surface area contributed by atoms with Crippen LogP contribution in [-0.2, 0) is 21.5 Å². The van der Waals surface area contributed by atoms with E-state index in [-0.39, 0.29) is 23.3 Å². The second-order valence-electron chi connectivity index (χ2n) is 11.7. The number of aromatic nitrogens is 5. The summed E-state index contributed by atoms with van der Waals surface area (Å²) in [6.07, 6.45) is 2.11. The molecule has 15 heteroatoms. The Balaban J connectivity index is 1.14. The molecule has 4 heterocycles. The third kappa shape index (κ3) is 6.16. The molecule has 0 bridgehead atoms. The van der Waals surface area contributed by atoms with Crippen LogP contribution in [0.5, 0.6) is 0 Å². The maximum Gasteiger partial charge on any atom is 0.339 e. The zero-order valence-electron chi connectivity index (χ0n) is 24.7. The highest BCUT2D eigenvalue weighted by atomic mass is 19.3. The highest BCUT2D eigenvalue weighted by Crippen LogP contribution is 2.33. The van der Waals surface area contributed by atoms with E-state index in [0.717, 1.165) is 4.90 Å². The first-order valence-electron chi connectivity index (χ1n) is 14.3. The number of likely N-dealkylation sites (tertiary alicyclic amines) is 1. The molecular weight excluding hydrogens is 602 g/mol. The summed E-state index contributed by atoms with van der Waals surface area (Å²) in [5, 5.41) is 17.8. The largest absolute Gasteiger partial charge is 0.422 e. The van der Waals surface area contributed by atoms with Crippen molar-refractivity contribution in [2.24, 2.45) is 0 Å². The number of carbonyl (C=O) groups is 3. The molecule has 1 aliphatic heterocycles. The van der Waals surface area contributed by atoms with Crippen LogP contribution in [-0.4, -0.2) is 72.9 Å². The number of hydrogen-bond donors (Lipinski definition) is 2. The molecule has 0 radical (unpaired) electrons. The lowest BCUT2D eigenvalue weighted by atomic mass is 9.96. The maximum absolute atomic E-state index is 14.5. The predicted molar refractivity (Wildman–Crippen MR) is 161 cm³/mol. The number of rotatable bonds is 8. The minimum atomic E-state index is -3.31. The van der Waals surface area contributed by atoms with E-state index in [9.17, 15) is 28.0 Å². The van der Waals surface area contributed by atoms with Crippen LogP contribution in [0.1, 0.15) is 36.2 Å². The van der Waals surface area contributed by atoms with Crippen LogP contribution in [0.15, 0.2) is 76.3 Å². The number of halogens is 2. The fourth-order valence-electron chi connectivity index (χ4n) is 5.52. The summed E-state index contributed by atoms with van der Waals surface area (Å²) in [6.45, 7) is 2.11. The van der Waals surface area contributed by atoms with Gasteiger partial charge in [0.05, 0.1) is 29.7 Å². The molecular formula is C31H28F2N8O5. The van der Waals surface area contributed by atoms with Gasteiger partial charge in [0, 0.05) is 47.1 Å². The van der Waals surface area contributed by atoms with Gasteiger partial charge in [-0.05, 0) is 49.4 Å². The minimum absolute atomic E-state index is 0.166. The Bertz CT molecular complexity index is 2020. The molecule has 6 rings (SSSR count). The van der Waals surface area contributed by atoms with Crippen molar-refractivity contribution in [3.05, 3.63) is 88.7 Å². The molecule has 1 atom stereocenters. The van der Waals surface area contributed by atoms with Crippen molar-refractivity contribution in [3.8, 4) is 0 Å². The average Bonchev–Trinajstić information content (AvgIpc) is 3.69. The van der Waals surface area contributed by atoms with E-state index in [1.54, 1.807) is 36.4 Å². The highest BCUT2D eigenvalue weighted by molar-refractivity contribution is 6.07. The minimum Gasteiger partial charge on any atom is -0.422 e. The standard InChI is InChI=1S/C31H28F2N8O5/c1-30(2,41-37-17-36-39-41)13-19-11-18-7-8-20(12-25(18)46-29(19)45)38-28(44)24-14-31(32,33)16-40(24)26(42)15-35-27(43)22-9-10-34-23-6-4-3-5-21(22)23/h3-12,17,24H,13-16H2,1-2H3,(H,35,43)(H,38,44). The molecule has 13 nitrogen and oxygen atoms in total. The Hall–Kier alpha value is -5.60. The van der Waals surface area contributed by atoms with Crippen molar-refractivity contribution in [1.29, 1.82) is 0 Å². The van der Waals surface area contributed by atoms with E-state index < -0.39 is 60.4 Å². The van der Waals surface area contributed by atoms with Crippen molar-refractivity contribution in [2.75, 3.05) is 18.4 Å². The van der Waals surface area contributed by atoms with E-state index in [0.29, 0.717) is 21.9 Å². The molecule has 2 N–H and O–H groups in total. The van der Waals surface area contributed by atoms with Crippen molar-refractivity contribution in [2.45, 2.75) is 44.2 Å². The average molecular weight is 631 g/mol. The normalized spacial score (nSPS) is 16.1. The molecule has 3 aromatic heterocycles. The second-order valence-corrected chi connectivity index (χ2v) is 11.7. The number of carbonyl (C=O) groups excluding carboxylic acids is 3. The first kappa shape index (κ1) is 30.4. The van der Waals surface area contributed by atoms with Gasteiger partial charge in [0.15, 0.2) is 6.33 Å². The van der Waals surface area contributed by atoms with Gasteiger partial charge in [-0.3, -0.25) is 19.4 Å². The number of anilines is 1. The Morgan fingerprint density at radius 3 is 2.70 bits per heavy atom. The van der Waals surface area contributed by atoms with Gasteiger partial charge in [-0.25, -0.2) is 13.6 Å². The summed E-state index contributed by atoms with van der Waals surface area (Å²) in [5.41, 5.74) is 0.299. The van der Waals surface area contributed by atoms with Crippen molar-refractivity contribution in [3.63, 3.8) is 0 Å². The summed E-state index contributed by atoms with van der Waals surface area (Å²) in [6, 6.07) is 13.1. The number of alkyl halides is 2. The number of benzene rings is 2. The van der Waals surface area contributed by atoms with E-state index in [4.69, 9.17) is 4.42 Å². The van der Waals surface area contributed by atoms with Crippen LogP contribution >= 0.6 is 0 Å². The molecule has 0 spiro atoms. The van der Waals surface area contributed by atoms with Gasteiger partial charge < -0.3 is 20.0 Å². The van der Waals surface area contributed by atoms with E-state index >= 15 is 0 Å². The lowest BCUT2D eigenvalue weighted by Gasteiger charge is -2.23. The first-order valence-corrected chi connectivity index (χ1v) is 14.3. The second kappa shape index (κ2) is 11.7. The lowest BCUT2D eigenvalue weighted by molar-refractivity contribution is -0.136. The summed E-state index contributed by atoms with van der Waals surface area (Å²) in [4.78, 5) is 58.3. The van der Waals surface area contributed by atoms with Crippen LogP contribution in [0.3, 0.4) is 0 Å². The molecule has 2 aromatic carbocycles. The number of pyridine rings is 1. The number of hydrogen-bond acceptors (Lipinski definition) is 9. The van der Waals surface area contributed by atoms with Gasteiger partial charge in [-0.1, -0.05) is 18.2 Å². The van der Waals surface area contributed by atoms with E-state index in [2.05, 4.69) is 31.0 Å². The molecule has 3 amide bonds. The van der Waals surface area contributed by atoms with Crippen LogP contribution in [0.2, 0.25) is 0 Å². The Morgan fingerprint density at radius 1 is 1.11 bits per heavy atom. The monoisotopic (exact) mass is 630 g/mol. The van der Waals surface area contributed by atoms with E-state index in [1.165, 1.54) is 35.5 Å².